The minimum absolute atomic E-state index is 0.0293. The molecule has 0 saturated carbocycles. The van der Waals surface area contributed by atoms with Crippen LogP contribution in [0.2, 0.25) is 0 Å². The molecule has 1 aromatic heterocycles. The molecule has 2 aromatic carbocycles. The van der Waals surface area contributed by atoms with E-state index >= 15 is 0 Å². The average molecular weight is 586 g/mol. The quantitative estimate of drug-likeness (QED) is 0.377. The second-order valence-electron chi connectivity index (χ2n) is 8.91. The standard InChI is InChI=1S/C28H29BrN2O5S/c1-7-35-27(33)23-17(5)30-28-31(24(23)19-10-8-16(4)9-11-19)26(32)22(37-28)14-18-12-20(29)25(36-15(2)3)21(13-18)34-6/h8-15,24H,7H2,1-6H3/b22-14-/t24-/m1/s1. The van der Waals surface area contributed by atoms with Crippen molar-refractivity contribution in [2.45, 2.75) is 46.8 Å². The van der Waals surface area contributed by atoms with Crippen LogP contribution in [0.25, 0.3) is 6.08 Å². The van der Waals surface area contributed by atoms with Crippen LogP contribution in [-0.4, -0.2) is 30.4 Å². The zero-order chi connectivity index (χ0) is 26.9. The second kappa shape index (κ2) is 11.1. The number of carbonyl (C=O) groups excluding carboxylic acids is 1. The molecule has 0 unspecified atom stereocenters. The van der Waals surface area contributed by atoms with Gasteiger partial charge in [0.15, 0.2) is 16.3 Å². The first-order valence-corrected chi connectivity index (χ1v) is 13.6. The van der Waals surface area contributed by atoms with Crippen molar-refractivity contribution in [2.24, 2.45) is 4.99 Å². The fourth-order valence-electron chi connectivity index (χ4n) is 4.18. The highest BCUT2D eigenvalue weighted by Crippen LogP contribution is 2.37. The molecule has 0 amide bonds. The third-order valence-corrected chi connectivity index (χ3v) is 7.39. The van der Waals surface area contributed by atoms with Crippen LogP contribution in [0.5, 0.6) is 11.5 Å². The first-order chi connectivity index (χ1) is 17.6. The van der Waals surface area contributed by atoms with Gasteiger partial charge in [-0.3, -0.25) is 9.36 Å². The fraction of sp³-hybridized carbons (Fsp3) is 0.321. The number of hydrogen-bond acceptors (Lipinski definition) is 7. The Morgan fingerprint density at radius 2 is 1.92 bits per heavy atom. The van der Waals surface area contributed by atoms with Gasteiger partial charge in [0, 0.05) is 0 Å². The summed E-state index contributed by atoms with van der Waals surface area (Å²) in [4.78, 5) is 32.0. The van der Waals surface area contributed by atoms with Crippen molar-refractivity contribution in [3.05, 3.63) is 88.5 Å². The summed E-state index contributed by atoms with van der Waals surface area (Å²) in [5.74, 6) is 0.684. The van der Waals surface area contributed by atoms with Crippen LogP contribution < -0.4 is 24.4 Å². The molecular formula is C28H29BrN2O5S. The summed E-state index contributed by atoms with van der Waals surface area (Å²) in [5, 5.41) is 0. The van der Waals surface area contributed by atoms with Gasteiger partial charge in [0.25, 0.3) is 5.56 Å². The molecule has 1 atom stereocenters. The first-order valence-electron chi connectivity index (χ1n) is 11.9. The molecule has 0 fully saturated rings. The summed E-state index contributed by atoms with van der Waals surface area (Å²) < 4.78 is 19.6. The molecule has 0 spiro atoms. The first kappa shape index (κ1) is 26.9. The molecule has 9 heteroatoms. The lowest BCUT2D eigenvalue weighted by molar-refractivity contribution is -0.139. The SMILES string of the molecule is CCOC(=O)C1=C(C)N=c2s/c(=C\c3cc(Br)c(OC(C)C)c(OC)c3)c(=O)n2[C@@H]1c1ccc(C)cc1. The Labute approximate surface area is 227 Å². The van der Waals surface area contributed by atoms with Gasteiger partial charge in [-0.05, 0) is 79.9 Å². The molecule has 3 aromatic rings. The van der Waals surface area contributed by atoms with E-state index in [0.717, 1.165) is 21.2 Å². The number of nitrogens with zero attached hydrogens (tertiary/aromatic N) is 2. The monoisotopic (exact) mass is 584 g/mol. The van der Waals surface area contributed by atoms with Gasteiger partial charge in [-0.2, -0.15) is 0 Å². The van der Waals surface area contributed by atoms with E-state index in [2.05, 4.69) is 20.9 Å². The normalized spacial score (nSPS) is 15.5. The van der Waals surface area contributed by atoms with E-state index in [-0.39, 0.29) is 18.3 Å². The third-order valence-electron chi connectivity index (χ3n) is 5.81. The second-order valence-corrected chi connectivity index (χ2v) is 10.8. The summed E-state index contributed by atoms with van der Waals surface area (Å²) in [7, 11) is 1.58. The summed E-state index contributed by atoms with van der Waals surface area (Å²) in [6.45, 7) is 9.64. The number of esters is 1. The number of aromatic nitrogens is 1. The Kier molecular flexibility index (Phi) is 8.04. The maximum absolute atomic E-state index is 13.8. The van der Waals surface area contributed by atoms with Gasteiger partial charge < -0.3 is 14.2 Å². The highest BCUT2D eigenvalue weighted by molar-refractivity contribution is 9.10. The van der Waals surface area contributed by atoms with Gasteiger partial charge in [0.05, 0.1) is 46.1 Å². The molecule has 0 bridgehead atoms. The van der Waals surface area contributed by atoms with Crippen molar-refractivity contribution >= 4 is 39.3 Å². The van der Waals surface area contributed by atoms with Gasteiger partial charge >= 0.3 is 5.97 Å². The number of carbonyl (C=O) groups is 1. The minimum atomic E-state index is -0.638. The topological polar surface area (TPSA) is 79.1 Å². The molecule has 0 aliphatic carbocycles. The van der Waals surface area contributed by atoms with Crippen molar-refractivity contribution in [3.8, 4) is 11.5 Å². The molecule has 0 radical (unpaired) electrons. The molecular weight excluding hydrogens is 556 g/mol. The summed E-state index contributed by atoms with van der Waals surface area (Å²) in [6.07, 6.45) is 1.77. The zero-order valence-corrected chi connectivity index (χ0v) is 24.0. The number of thiazole rings is 1. The van der Waals surface area contributed by atoms with Crippen molar-refractivity contribution in [3.63, 3.8) is 0 Å². The largest absolute Gasteiger partial charge is 0.493 e. The Hall–Kier alpha value is -3.17. The lowest BCUT2D eigenvalue weighted by Crippen LogP contribution is -2.39. The number of ether oxygens (including phenoxy) is 3. The summed E-state index contributed by atoms with van der Waals surface area (Å²) in [6, 6.07) is 10.9. The molecule has 1 aliphatic heterocycles. The third kappa shape index (κ3) is 5.43. The molecule has 37 heavy (non-hydrogen) atoms. The minimum Gasteiger partial charge on any atom is -0.493 e. The molecule has 0 N–H and O–H groups in total. The van der Waals surface area contributed by atoms with Crippen LogP contribution in [0.3, 0.4) is 0 Å². The van der Waals surface area contributed by atoms with Crippen LogP contribution in [0.15, 0.2) is 61.9 Å². The summed E-state index contributed by atoms with van der Waals surface area (Å²) in [5.41, 5.74) is 3.33. The van der Waals surface area contributed by atoms with E-state index in [9.17, 15) is 9.59 Å². The number of rotatable bonds is 7. The van der Waals surface area contributed by atoms with Crippen LogP contribution in [0, 0.1) is 6.92 Å². The highest BCUT2D eigenvalue weighted by atomic mass is 79.9. The Balaban J connectivity index is 1.91. The number of hydrogen-bond donors (Lipinski definition) is 0. The Bertz CT molecular complexity index is 1550. The van der Waals surface area contributed by atoms with Crippen LogP contribution in [0.4, 0.5) is 0 Å². The lowest BCUT2D eigenvalue weighted by atomic mass is 9.95. The average Bonchev–Trinajstić information content (AvgIpc) is 3.14. The van der Waals surface area contributed by atoms with Crippen molar-refractivity contribution in [2.75, 3.05) is 13.7 Å². The molecule has 2 heterocycles. The molecule has 7 nitrogen and oxygen atoms in total. The molecule has 0 saturated heterocycles. The van der Waals surface area contributed by atoms with Crippen LogP contribution in [0.1, 0.15) is 50.4 Å². The number of methoxy groups -OCH3 is 1. The van der Waals surface area contributed by atoms with E-state index in [1.807, 2.05) is 57.2 Å². The number of allylic oxidation sites excluding steroid dienone is 1. The lowest BCUT2D eigenvalue weighted by Gasteiger charge is -2.24. The van der Waals surface area contributed by atoms with Gasteiger partial charge in [-0.1, -0.05) is 41.2 Å². The predicted molar refractivity (Wildman–Crippen MR) is 148 cm³/mol. The number of fused-ring (bicyclic) bond motifs is 1. The van der Waals surface area contributed by atoms with E-state index in [1.165, 1.54) is 11.3 Å². The van der Waals surface area contributed by atoms with E-state index in [1.54, 1.807) is 31.6 Å². The molecule has 1 aliphatic rings. The maximum Gasteiger partial charge on any atom is 0.338 e. The van der Waals surface area contributed by atoms with Crippen LogP contribution in [-0.2, 0) is 9.53 Å². The molecule has 194 valence electrons. The summed E-state index contributed by atoms with van der Waals surface area (Å²) >= 11 is 4.84. The zero-order valence-electron chi connectivity index (χ0n) is 21.6. The van der Waals surface area contributed by atoms with E-state index < -0.39 is 12.0 Å². The van der Waals surface area contributed by atoms with Crippen LogP contribution >= 0.6 is 27.3 Å². The van der Waals surface area contributed by atoms with Gasteiger partial charge in [0.1, 0.15) is 0 Å². The fourth-order valence-corrected chi connectivity index (χ4v) is 5.78. The molecule has 4 rings (SSSR count). The number of aryl methyl sites for hydroxylation is 1. The van der Waals surface area contributed by atoms with Crippen molar-refractivity contribution in [1.82, 2.24) is 4.57 Å². The van der Waals surface area contributed by atoms with Crippen molar-refractivity contribution < 1.29 is 19.0 Å². The smallest absolute Gasteiger partial charge is 0.338 e. The van der Waals surface area contributed by atoms with E-state index in [4.69, 9.17) is 14.2 Å². The predicted octanol–water partition coefficient (Wildman–Crippen LogP) is 4.67. The van der Waals surface area contributed by atoms with Gasteiger partial charge in [0.2, 0.25) is 0 Å². The van der Waals surface area contributed by atoms with Gasteiger partial charge in [-0.15, -0.1) is 0 Å². The maximum atomic E-state index is 13.8. The Morgan fingerprint density at radius 1 is 1.22 bits per heavy atom. The van der Waals surface area contributed by atoms with Gasteiger partial charge in [-0.25, -0.2) is 9.79 Å². The van der Waals surface area contributed by atoms with E-state index in [0.29, 0.717) is 32.1 Å². The number of benzene rings is 2. The Morgan fingerprint density at radius 3 is 2.54 bits per heavy atom. The number of halogens is 1. The highest BCUT2D eigenvalue weighted by Gasteiger charge is 2.33. The van der Waals surface area contributed by atoms with Crippen molar-refractivity contribution in [1.29, 1.82) is 0 Å².